The average molecular weight is 341 g/mol. The predicted octanol–water partition coefficient (Wildman–Crippen LogP) is 3.79. The van der Waals surface area contributed by atoms with Crippen molar-refractivity contribution in [2.75, 3.05) is 17.7 Å². The number of nitrogens with zero attached hydrogens (tertiary/aromatic N) is 1. The zero-order chi connectivity index (χ0) is 13.8. The standard InChI is InChI=1S/C13H11BrClN3O/c1-16-12-10(15)6-8(7-17-12)13(19)18-11-5-3-2-4-9(11)14/h2-7H,1H3,(H,16,17)(H,18,19). The quantitative estimate of drug-likeness (QED) is 0.894. The molecule has 0 unspecified atom stereocenters. The maximum absolute atomic E-state index is 12.1. The highest BCUT2D eigenvalue weighted by Crippen LogP contribution is 2.23. The van der Waals surface area contributed by atoms with Gasteiger partial charge in [0.2, 0.25) is 0 Å². The Morgan fingerprint density at radius 2 is 2.11 bits per heavy atom. The highest BCUT2D eigenvalue weighted by molar-refractivity contribution is 9.10. The van der Waals surface area contributed by atoms with Gasteiger partial charge in [0.05, 0.1) is 16.3 Å². The van der Waals surface area contributed by atoms with Crippen molar-refractivity contribution >= 4 is 44.9 Å². The molecule has 2 aromatic rings. The predicted molar refractivity (Wildman–Crippen MR) is 80.9 cm³/mol. The van der Waals surface area contributed by atoms with Gasteiger partial charge in [0.1, 0.15) is 5.82 Å². The van der Waals surface area contributed by atoms with Crippen LogP contribution in [-0.2, 0) is 0 Å². The molecule has 1 aromatic carbocycles. The Labute approximate surface area is 124 Å². The van der Waals surface area contributed by atoms with E-state index in [0.717, 1.165) is 4.47 Å². The van der Waals surface area contributed by atoms with Crippen LogP contribution >= 0.6 is 27.5 Å². The highest BCUT2D eigenvalue weighted by Gasteiger charge is 2.10. The summed E-state index contributed by atoms with van der Waals surface area (Å²) >= 11 is 9.36. The Hall–Kier alpha value is -1.59. The molecule has 1 amide bonds. The molecule has 0 bridgehead atoms. The van der Waals surface area contributed by atoms with Crippen LogP contribution in [0.3, 0.4) is 0 Å². The molecule has 0 fully saturated rings. The van der Waals surface area contributed by atoms with Crippen LogP contribution in [0.5, 0.6) is 0 Å². The van der Waals surface area contributed by atoms with Gasteiger partial charge in [0.25, 0.3) is 5.91 Å². The molecule has 4 nitrogen and oxygen atoms in total. The maximum atomic E-state index is 12.1. The van der Waals surface area contributed by atoms with Crippen molar-refractivity contribution in [2.24, 2.45) is 0 Å². The van der Waals surface area contributed by atoms with E-state index in [-0.39, 0.29) is 5.91 Å². The molecule has 0 aliphatic heterocycles. The number of carbonyl (C=O) groups excluding carboxylic acids is 1. The Kier molecular flexibility index (Phi) is 4.39. The molecule has 0 atom stereocenters. The van der Waals surface area contributed by atoms with Gasteiger partial charge in [0, 0.05) is 17.7 Å². The molecular weight excluding hydrogens is 330 g/mol. The number of halogens is 2. The van der Waals surface area contributed by atoms with Crippen LogP contribution in [0.2, 0.25) is 5.02 Å². The zero-order valence-corrected chi connectivity index (χ0v) is 12.4. The van der Waals surface area contributed by atoms with Crippen LogP contribution in [0.15, 0.2) is 41.0 Å². The zero-order valence-electron chi connectivity index (χ0n) is 10.1. The number of rotatable bonds is 3. The van der Waals surface area contributed by atoms with Gasteiger partial charge in [-0.3, -0.25) is 4.79 Å². The van der Waals surface area contributed by atoms with E-state index in [1.165, 1.54) is 6.20 Å². The van der Waals surface area contributed by atoms with Gasteiger partial charge in [-0.1, -0.05) is 23.7 Å². The number of hydrogen-bond acceptors (Lipinski definition) is 3. The van der Waals surface area contributed by atoms with E-state index in [1.807, 2.05) is 18.2 Å². The summed E-state index contributed by atoms with van der Waals surface area (Å²) in [6.45, 7) is 0. The fourth-order valence-corrected chi connectivity index (χ4v) is 2.15. The van der Waals surface area contributed by atoms with Gasteiger partial charge < -0.3 is 10.6 Å². The Morgan fingerprint density at radius 3 is 2.74 bits per heavy atom. The Morgan fingerprint density at radius 1 is 1.37 bits per heavy atom. The number of para-hydroxylation sites is 1. The topological polar surface area (TPSA) is 54.0 Å². The van der Waals surface area contributed by atoms with E-state index in [4.69, 9.17) is 11.6 Å². The van der Waals surface area contributed by atoms with E-state index < -0.39 is 0 Å². The van der Waals surface area contributed by atoms with Crippen LogP contribution in [-0.4, -0.2) is 17.9 Å². The summed E-state index contributed by atoms with van der Waals surface area (Å²) in [5.41, 5.74) is 1.10. The number of pyridine rings is 1. The summed E-state index contributed by atoms with van der Waals surface area (Å²) in [5, 5.41) is 6.03. The molecule has 19 heavy (non-hydrogen) atoms. The van der Waals surface area contributed by atoms with Crippen LogP contribution in [0.25, 0.3) is 0 Å². The molecular formula is C13H11BrClN3O. The van der Waals surface area contributed by atoms with Crippen molar-refractivity contribution in [1.29, 1.82) is 0 Å². The first-order chi connectivity index (χ1) is 9.11. The number of carbonyl (C=O) groups is 1. The molecule has 6 heteroatoms. The van der Waals surface area contributed by atoms with Crippen molar-refractivity contribution in [3.8, 4) is 0 Å². The third-order valence-electron chi connectivity index (χ3n) is 2.46. The van der Waals surface area contributed by atoms with Crippen molar-refractivity contribution in [2.45, 2.75) is 0 Å². The lowest BCUT2D eigenvalue weighted by molar-refractivity contribution is 0.102. The van der Waals surface area contributed by atoms with Gasteiger partial charge >= 0.3 is 0 Å². The van der Waals surface area contributed by atoms with Crippen molar-refractivity contribution in [1.82, 2.24) is 4.98 Å². The smallest absolute Gasteiger partial charge is 0.257 e. The van der Waals surface area contributed by atoms with Crippen molar-refractivity contribution in [3.63, 3.8) is 0 Å². The molecule has 0 aliphatic carbocycles. The second-order valence-corrected chi connectivity index (χ2v) is 5.00. The average Bonchev–Trinajstić information content (AvgIpc) is 2.41. The van der Waals surface area contributed by atoms with Crippen LogP contribution < -0.4 is 10.6 Å². The fraction of sp³-hybridized carbons (Fsp3) is 0.0769. The minimum Gasteiger partial charge on any atom is -0.372 e. The number of aromatic nitrogens is 1. The number of benzene rings is 1. The van der Waals surface area contributed by atoms with Gasteiger partial charge in [-0.15, -0.1) is 0 Å². The highest BCUT2D eigenvalue weighted by atomic mass is 79.9. The van der Waals surface area contributed by atoms with E-state index in [9.17, 15) is 4.79 Å². The first-order valence-electron chi connectivity index (χ1n) is 5.51. The lowest BCUT2D eigenvalue weighted by atomic mass is 10.2. The van der Waals surface area contributed by atoms with E-state index >= 15 is 0 Å². The molecule has 2 rings (SSSR count). The minimum absolute atomic E-state index is 0.260. The summed E-state index contributed by atoms with van der Waals surface area (Å²) in [7, 11) is 1.72. The van der Waals surface area contributed by atoms with E-state index in [0.29, 0.717) is 22.1 Å². The summed E-state index contributed by atoms with van der Waals surface area (Å²) in [5.74, 6) is 0.281. The second kappa shape index (κ2) is 6.04. The van der Waals surface area contributed by atoms with E-state index in [1.54, 1.807) is 19.2 Å². The molecule has 0 saturated heterocycles. The number of amides is 1. The van der Waals surface area contributed by atoms with Crippen molar-refractivity contribution in [3.05, 3.63) is 51.6 Å². The van der Waals surface area contributed by atoms with E-state index in [2.05, 4.69) is 31.5 Å². The second-order valence-electron chi connectivity index (χ2n) is 3.74. The third-order valence-corrected chi connectivity index (χ3v) is 3.44. The number of anilines is 2. The van der Waals surface area contributed by atoms with Gasteiger partial charge in [-0.05, 0) is 34.1 Å². The summed E-state index contributed by atoms with van der Waals surface area (Å²) in [6, 6.07) is 8.95. The molecule has 1 aromatic heterocycles. The third kappa shape index (κ3) is 3.24. The van der Waals surface area contributed by atoms with Gasteiger partial charge in [-0.2, -0.15) is 0 Å². The molecule has 98 valence electrons. The van der Waals surface area contributed by atoms with Gasteiger partial charge in [0.15, 0.2) is 0 Å². The maximum Gasteiger partial charge on any atom is 0.257 e. The van der Waals surface area contributed by atoms with Crippen molar-refractivity contribution < 1.29 is 4.79 Å². The van der Waals surface area contributed by atoms with Crippen LogP contribution in [0.4, 0.5) is 11.5 Å². The molecule has 0 spiro atoms. The summed E-state index contributed by atoms with van der Waals surface area (Å²) in [6.07, 6.45) is 1.48. The first-order valence-corrected chi connectivity index (χ1v) is 6.68. The molecule has 0 aliphatic rings. The molecule has 1 heterocycles. The Balaban J connectivity index is 2.21. The van der Waals surface area contributed by atoms with Gasteiger partial charge in [-0.25, -0.2) is 4.98 Å². The monoisotopic (exact) mass is 339 g/mol. The minimum atomic E-state index is -0.260. The lowest BCUT2D eigenvalue weighted by Gasteiger charge is -2.08. The molecule has 0 saturated carbocycles. The van der Waals surface area contributed by atoms with Crippen LogP contribution in [0.1, 0.15) is 10.4 Å². The fourth-order valence-electron chi connectivity index (χ4n) is 1.50. The Bertz CT molecular complexity index is 619. The normalized spacial score (nSPS) is 10.1. The molecule has 2 N–H and O–H groups in total. The van der Waals surface area contributed by atoms with Crippen LogP contribution in [0, 0.1) is 0 Å². The first kappa shape index (κ1) is 13.8. The summed E-state index contributed by atoms with van der Waals surface area (Å²) in [4.78, 5) is 16.1. The SMILES string of the molecule is CNc1ncc(C(=O)Nc2ccccc2Br)cc1Cl. The largest absolute Gasteiger partial charge is 0.372 e. The lowest BCUT2D eigenvalue weighted by Crippen LogP contribution is -2.13. The summed E-state index contributed by atoms with van der Waals surface area (Å²) < 4.78 is 0.814. The number of hydrogen-bond donors (Lipinski definition) is 2. The molecule has 0 radical (unpaired) electrons. The number of nitrogens with one attached hydrogen (secondary N) is 2.